The normalized spacial score (nSPS) is 19.6. The molecular weight excluding hydrogens is 343 g/mol. The number of fused-ring (bicyclic) bond motifs is 1. The summed E-state index contributed by atoms with van der Waals surface area (Å²) in [6.45, 7) is 2.28. The molecule has 0 atom stereocenters. The Morgan fingerprint density at radius 1 is 1.08 bits per heavy atom. The highest BCUT2D eigenvalue weighted by atomic mass is 19.4. The number of nitrogens with zero attached hydrogens (tertiary/aromatic N) is 3. The molecule has 2 fully saturated rings. The third-order valence-electron chi connectivity index (χ3n) is 5.41. The third kappa shape index (κ3) is 2.99. The number of likely N-dealkylation sites (tertiary alicyclic amines) is 1. The van der Waals surface area contributed by atoms with Crippen molar-refractivity contribution >= 4 is 22.5 Å². The summed E-state index contributed by atoms with van der Waals surface area (Å²) in [5.74, 6) is 0.229. The van der Waals surface area contributed by atoms with Gasteiger partial charge in [0.05, 0.1) is 11.1 Å². The quantitative estimate of drug-likeness (QED) is 0.813. The van der Waals surface area contributed by atoms with E-state index in [-0.39, 0.29) is 17.5 Å². The SMILES string of the molecule is O=C1CCCN1C1CCN(c2ccnc3c(C(F)(F)F)cccc23)CC1. The molecule has 7 heteroatoms. The fourth-order valence-corrected chi connectivity index (χ4v) is 4.14. The number of hydrogen-bond acceptors (Lipinski definition) is 3. The number of pyridine rings is 1. The van der Waals surface area contributed by atoms with E-state index in [4.69, 9.17) is 0 Å². The summed E-state index contributed by atoms with van der Waals surface area (Å²) in [6.07, 6.45) is 0.268. The molecule has 0 bridgehead atoms. The van der Waals surface area contributed by atoms with Gasteiger partial charge in [-0.2, -0.15) is 13.2 Å². The van der Waals surface area contributed by atoms with Crippen LogP contribution >= 0.6 is 0 Å². The van der Waals surface area contributed by atoms with E-state index in [9.17, 15) is 18.0 Å². The van der Waals surface area contributed by atoms with Gasteiger partial charge in [-0.1, -0.05) is 12.1 Å². The predicted octanol–water partition coefficient (Wildman–Crippen LogP) is 3.84. The minimum atomic E-state index is -4.42. The molecule has 0 unspecified atom stereocenters. The van der Waals surface area contributed by atoms with Gasteiger partial charge < -0.3 is 9.80 Å². The minimum absolute atomic E-state index is 0.00524. The first kappa shape index (κ1) is 17.1. The topological polar surface area (TPSA) is 36.4 Å². The maximum Gasteiger partial charge on any atom is 0.418 e. The van der Waals surface area contributed by atoms with Gasteiger partial charge in [0.2, 0.25) is 5.91 Å². The van der Waals surface area contributed by atoms with E-state index in [1.165, 1.54) is 12.3 Å². The van der Waals surface area contributed by atoms with Gasteiger partial charge >= 0.3 is 6.18 Å². The first-order valence-corrected chi connectivity index (χ1v) is 8.94. The molecule has 1 amide bonds. The van der Waals surface area contributed by atoms with Crippen molar-refractivity contribution in [3.8, 4) is 0 Å². The number of amides is 1. The van der Waals surface area contributed by atoms with E-state index in [0.29, 0.717) is 11.8 Å². The Hall–Kier alpha value is -2.31. The summed E-state index contributed by atoms with van der Waals surface area (Å²) in [4.78, 5) is 20.0. The van der Waals surface area contributed by atoms with E-state index in [2.05, 4.69) is 9.88 Å². The van der Waals surface area contributed by atoms with E-state index in [0.717, 1.165) is 50.7 Å². The van der Waals surface area contributed by atoms with Gasteiger partial charge in [0.15, 0.2) is 0 Å². The summed E-state index contributed by atoms with van der Waals surface area (Å²) in [5.41, 5.74) is 0.0797. The zero-order valence-electron chi connectivity index (χ0n) is 14.3. The molecule has 0 saturated carbocycles. The van der Waals surface area contributed by atoms with Crippen LogP contribution in [0.4, 0.5) is 18.9 Å². The van der Waals surface area contributed by atoms with Crippen LogP contribution in [0.3, 0.4) is 0 Å². The van der Waals surface area contributed by atoms with Crippen molar-refractivity contribution in [1.82, 2.24) is 9.88 Å². The number of rotatable bonds is 2. The number of anilines is 1. The molecule has 2 aliphatic heterocycles. The number of piperidine rings is 1. The molecule has 1 aromatic heterocycles. The van der Waals surface area contributed by atoms with Gasteiger partial charge in [-0.15, -0.1) is 0 Å². The minimum Gasteiger partial charge on any atom is -0.371 e. The van der Waals surface area contributed by atoms with Crippen molar-refractivity contribution in [3.05, 3.63) is 36.0 Å². The molecule has 2 aromatic rings. The van der Waals surface area contributed by atoms with Crippen LogP contribution in [-0.2, 0) is 11.0 Å². The van der Waals surface area contributed by atoms with Gasteiger partial charge in [-0.3, -0.25) is 9.78 Å². The summed E-state index contributed by atoms with van der Waals surface area (Å²) >= 11 is 0. The summed E-state index contributed by atoms with van der Waals surface area (Å²) in [6, 6.07) is 6.24. The summed E-state index contributed by atoms with van der Waals surface area (Å²) in [7, 11) is 0. The highest BCUT2D eigenvalue weighted by Gasteiger charge is 2.34. The summed E-state index contributed by atoms with van der Waals surface area (Å²) < 4.78 is 39.8. The fourth-order valence-electron chi connectivity index (χ4n) is 4.14. The molecule has 0 N–H and O–H groups in total. The Bertz CT molecular complexity index is 828. The highest BCUT2D eigenvalue weighted by molar-refractivity contribution is 5.93. The Labute approximate surface area is 149 Å². The maximum atomic E-state index is 13.3. The molecule has 4 nitrogen and oxygen atoms in total. The zero-order chi connectivity index (χ0) is 18.3. The fraction of sp³-hybridized carbons (Fsp3) is 0.474. The molecule has 1 aromatic carbocycles. The molecule has 2 saturated heterocycles. The zero-order valence-corrected chi connectivity index (χ0v) is 14.3. The van der Waals surface area contributed by atoms with E-state index in [1.807, 2.05) is 4.90 Å². The van der Waals surface area contributed by atoms with Crippen molar-refractivity contribution < 1.29 is 18.0 Å². The second-order valence-corrected chi connectivity index (χ2v) is 6.94. The molecule has 0 spiro atoms. The summed E-state index contributed by atoms with van der Waals surface area (Å²) in [5, 5.41) is 0.526. The number of alkyl halides is 3. The lowest BCUT2D eigenvalue weighted by Crippen LogP contribution is -2.45. The van der Waals surface area contributed by atoms with Crippen LogP contribution in [0.5, 0.6) is 0 Å². The van der Waals surface area contributed by atoms with Crippen LogP contribution in [0.2, 0.25) is 0 Å². The molecule has 0 radical (unpaired) electrons. The Balaban J connectivity index is 1.59. The molecule has 4 rings (SSSR count). The maximum absolute atomic E-state index is 13.3. The average Bonchev–Trinajstić information content (AvgIpc) is 3.06. The monoisotopic (exact) mass is 363 g/mol. The Morgan fingerprint density at radius 2 is 1.85 bits per heavy atom. The highest BCUT2D eigenvalue weighted by Crippen LogP contribution is 2.37. The van der Waals surface area contributed by atoms with Gasteiger partial charge in [-0.25, -0.2) is 0 Å². The largest absolute Gasteiger partial charge is 0.418 e. The lowest BCUT2D eigenvalue weighted by Gasteiger charge is -2.38. The van der Waals surface area contributed by atoms with Crippen LogP contribution in [-0.4, -0.2) is 41.5 Å². The first-order chi connectivity index (χ1) is 12.4. The van der Waals surface area contributed by atoms with Gasteiger partial charge in [0, 0.05) is 49.4 Å². The van der Waals surface area contributed by atoms with Crippen molar-refractivity contribution in [2.24, 2.45) is 0 Å². The Morgan fingerprint density at radius 3 is 2.50 bits per heavy atom. The van der Waals surface area contributed by atoms with Crippen LogP contribution < -0.4 is 4.90 Å². The molecule has 0 aliphatic carbocycles. The third-order valence-corrected chi connectivity index (χ3v) is 5.41. The lowest BCUT2D eigenvalue weighted by atomic mass is 10.0. The first-order valence-electron chi connectivity index (χ1n) is 8.94. The molecule has 3 heterocycles. The van der Waals surface area contributed by atoms with Gasteiger partial charge in [0.25, 0.3) is 0 Å². The van der Waals surface area contributed by atoms with Gasteiger partial charge in [-0.05, 0) is 31.4 Å². The number of halogens is 3. The molecule has 2 aliphatic rings. The van der Waals surface area contributed by atoms with Crippen molar-refractivity contribution in [3.63, 3.8) is 0 Å². The van der Waals surface area contributed by atoms with Crippen LogP contribution in [0.1, 0.15) is 31.2 Å². The smallest absolute Gasteiger partial charge is 0.371 e. The van der Waals surface area contributed by atoms with Gasteiger partial charge in [0.1, 0.15) is 0 Å². The Kier molecular flexibility index (Phi) is 4.25. The van der Waals surface area contributed by atoms with E-state index in [1.54, 1.807) is 12.1 Å². The second-order valence-electron chi connectivity index (χ2n) is 6.94. The van der Waals surface area contributed by atoms with E-state index >= 15 is 0 Å². The van der Waals surface area contributed by atoms with Crippen molar-refractivity contribution in [2.45, 2.75) is 37.9 Å². The van der Waals surface area contributed by atoms with Crippen LogP contribution in [0, 0.1) is 0 Å². The standard InChI is InChI=1S/C19H20F3N3O/c20-19(21,22)15-4-1-3-14-16(6-9-23-18(14)15)24-11-7-13(8-12-24)25-10-2-5-17(25)26/h1,3-4,6,9,13H,2,5,7-8,10-12H2. The van der Waals surface area contributed by atoms with Crippen molar-refractivity contribution in [1.29, 1.82) is 0 Å². The molecule has 138 valence electrons. The second kappa shape index (κ2) is 6.45. The van der Waals surface area contributed by atoms with E-state index < -0.39 is 11.7 Å². The average molecular weight is 363 g/mol. The number of hydrogen-bond donors (Lipinski definition) is 0. The number of para-hydroxylation sites is 1. The number of benzene rings is 1. The van der Waals surface area contributed by atoms with Crippen LogP contribution in [0.15, 0.2) is 30.5 Å². The predicted molar refractivity (Wildman–Crippen MR) is 92.9 cm³/mol. The molecular formula is C19H20F3N3O. The number of carbonyl (C=O) groups excluding carboxylic acids is 1. The van der Waals surface area contributed by atoms with Crippen LogP contribution in [0.25, 0.3) is 10.9 Å². The van der Waals surface area contributed by atoms with Crippen molar-refractivity contribution in [2.75, 3.05) is 24.5 Å². The number of carbonyl (C=O) groups is 1. The number of aromatic nitrogens is 1. The lowest BCUT2D eigenvalue weighted by molar-refractivity contribution is -0.136. The molecule has 26 heavy (non-hydrogen) atoms.